The first kappa shape index (κ1) is 23.4. The van der Waals surface area contributed by atoms with Crippen LogP contribution in [0.4, 0.5) is 5.95 Å². The van der Waals surface area contributed by atoms with Crippen LogP contribution < -0.4 is 16.4 Å². The molecule has 9 nitrogen and oxygen atoms in total. The maximum absolute atomic E-state index is 12.3. The molecule has 1 fully saturated rings. The molecule has 3 aromatic heterocycles. The highest BCUT2D eigenvalue weighted by molar-refractivity contribution is 9.10. The molecular weight excluding hydrogens is 508 g/mol. The van der Waals surface area contributed by atoms with Crippen LogP contribution in [0.5, 0.6) is 0 Å². The smallest absolute Gasteiger partial charge is 0.225 e. The predicted octanol–water partition coefficient (Wildman–Crippen LogP) is 3.82. The Morgan fingerprint density at radius 2 is 2.17 bits per heavy atom. The molecule has 180 valence electrons. The lowest BCUT2D eigenvalue weighted by Crippen LogP contribution is -2.35. The predicted molar refractivity (Wildman–Crippen MR) is 139 cm³/mol. The van der Waals surface area contributed by atoms with Gasteiger partial charge in [-0.3, -0.25) is 9.78 Å². The number of nitrogens with zero attached hydrogens (tertiary/aromatic N) is 5. The fraction of sp³-hybridized carbons (Fsp3) is 0.320. The maximum atomic E-state index is 12.3. The van der Waals surface area contributed by atoms with E-state index < -0.39 is 0 Å². The molecule has 4 N–H and O–H groups in total. The molecule has 1 saturated carbocycles. The quantitative estimate of drug-likeness (QED) is 0.343. The van der Waals surface area contributed by atoms with Crippen LogP contribution >= 0.6 is 15.9 Å². The summed E-state index contributed by atoms with van der Waals surface area (Å²) in [6, 6.07) is 10.1. The van der Waals surface area contributed by atoms with Gasteiger partial charge in [0.1, 0.15) is 4.60 Å². The van der Waals surface area contributed by atoms with Gasteiger partial charge >= 0.3 is 0 Å². The Kier molecular flexibility index (Phi) is 6.24. The summed E-state index contributed by atoms with van der Waals surface area (Å²) in [6.07, 6.45) is 7.78. The van der Waals surface area contributed by atoms with Gasteiger partial charge in [-0.1, -0.05) is 19.1 Å². The highest BCUT2D eigenvalue weighted by Crippen LogP contribution is 2.39. The standard InChI is InChI=1S/C25H27BrN8O/c1-25(23(35)28-2)8-7-17(11-25)31-24-30-14-20-21(26)33-34(22(20)32-24)18-5-6-19(16(10-18)12-27)15-4-3-9-29-13-15/h3-6,9-10,13-14,17H,7-8,11-12,27H2,1-2H3,(H,28,35)(H,30,31,32)/t17-,25-/m1/s1. The van der Waals surface area contributed by atoms with Gasteiger partial charge in [0.25, 0.3) is 0 Å². The van der Waals surface area contributed by atoms with Crippen LogP contribution in [0.3, 0.4) is 0 Å². The molecule has 0 unspecified atom stereocenters. The van der Waals surface area contributed by atoms with Gasteiger partial charge in [-0.05, 0) is 64.5 Å². The summed E-state index contributed by atoms with van der Waals surface area (Å²) in [6.45, 7) is 2.39. The molecule has 1 aliphatic carbocycles. The lowest BCUT2D eigenvalue weighted by Gasteiger charge is -2.22. The highest BCUT2D eigenvalue weighted by atomic mass is 79.9. The maximum Gasteiger partial charge on any atom is 0.225 e. The first-order chi connectivity index (χ1) is 16.9. The minimum atomic E-state index is -0.379. The SMILES string of the molecule is CNC(=O)[C@]1(C)CC[C@@H](Nc2ncc3c(Br)nn(-c4ccc(-c5cccnc5)c(CN)c4)c3n2)C1. The van der Waals surface area contributed by atoms with E-state index in [1.807, 2.05) is 43.5 Å². The molecule has 0 radical (unpaired) electrons. The molecule has 35 heavy (non-hydrogen) atoms. The first-order valence-corrected chi connectivity index (χ1v) is 12.3. The minimum Gasteiger partial charge on any atom is -0.359 e. The number of fused-ring (bicyclic) bond motifs is 1. The van der Waals surface area contributed by atoms with E-state index in [0.29, 0.717) is 22.7 Å². The zero-order valence-electron chi connectivity index (χ0n) is 19.6. The van der Waals surface area contributed by atoms with Crippen molar-refractivity contribution in [3.63, 3.8) is 0 Å². The number of rotatable bonds is 6. The Morgan fingerprint density at radius 3 is 2.91 bits per heavy atom. The van der Waals surface area contributed by atoms with Crippen molar-refractivity contribution in [2.45, 2.75) is 38.8 Å². The van der Waals surface area contributed by atoms with Gasteiger partial charge in [0.15, 0.2) is 5.65 Å². The van der Waals surface area contributed by atoms with Crippen LogP contribution in [0.15, 0.2) is 53.5 Å². The Balaban J connectivity index is 1.47. The van der Waals surface area contributed by atoms with E-state index in [2.05, 4.69) is 41.6 Å². The van der Waals surface area contributed by atoms with E-state index in [1.165, 1.54) is 0 Å². The van der Waals surface area contributed by atoms with E-state index in [4.69, 9.17) is 10.7 Å². The van der Waals surface area contributed by atoms with Crippen LogP contribution in [0.2, 0.25) is 0 Å². The molecule has 1 amide bonds. The average molecular weight is 535 g/mol. The Morgan fingerprint density at radius 1 is 1.31 bits per heavy atom. The summed E-state index contributed by atoms with van der Waals surface area (Å²) in [4.78, 5) is 25.8. The van der Waals surface area contributed by atoms with Crippen LogP contribution in [-0.2, 0) is 11.3 Å². The van der Waals surface area contributed by atoms with E-state index in [9.17, 15) is 4.79 Å². The molecule has 4 aromatic rings. The summed E-state index contributed by atoms with van der Waals surface area (Å²) < 4.78 is 2.46. The number of aromatic nitrogens is 5. The van der Waals surface area contributed by atoms with Gasteiger partial charge in [-0.25, -0.2) is 9.67 Å². The second-order valence-electron chi connectivity index (χ2n) is 9.14. The number of amides is 1. The number of carbonyl (C=O) groups excluding carboxylic acids is 1. The lowest BCUT2D eigenvalue weighted by atomic mass is 9.87. The number of nitrogens with two attached hydrogens (primary N) is 1. The van der Waals surface area contributed by atoms with Gasteiger partial charge in [0.2, 0.25) is 11.9 Å². The first-order valence-electron chi connectivity index (χ1n) is 11.6. The van der Waals surface area contributed by atoms with Crippen molar-refractivity contribution in [3.05, 3.63) is 59.1 Å². The summed E-state index contributed by atoms with van der Waals surface area (Å²) >= 11 is 3.54. The topological polar surface area (TPSA) is 124 Å². The minimum absolute atomic E-state index is 0.0746. The third kappa shape index (κ3) is 4.39. The van der Waals surface area contributed by atoms with Crippen molar-refractivity contribution < 1.29 is 4.79 Å². The fourth-order valence-electron chi connectivity index (χ4n) is 4.86. The molecular formula is C25H27BrN8O. The van der Waals surface area contributed by atoms with Gasteiger partial charge in [0, 0.05) is 49.2 Å². The largest absolute Gasteiger partial charge is 0.359 e. The third-order valence-electron chi connectivity index (χ3n) is 6.76. The van der Waals surface area contributed by atoms with Crippen LogP contribution in [0.25, 0.3) is 27.8 Å². The van der Waals surface area contributed by atoms with Gasteiger partial charge in [-0.2, -0.15) is 10.1 Å². The summed E-state index contributed by atoms with van der Waals surface area (Å²) in [5.74, 6) is 0.592. The third-order valence-corrected chi connectivity index (χ3v) is 7.34. The Hall–Kier alpha value is -3.37. The molecule has 10 heteroatoms. The zero-order chi connectivity index (χ0) is 24.6. The molecule has 3 heterocycles. The van der Waals surface area contributed by atoms with Crippen molar-refractivity contribution in [1.82, 2.24) is 30.0 Å². The number of nitrogens with one attached hydrogen (secondary N) is 2. The van der Waals surface area contributed by atoms with Crippen LogP contribution in [0, 0.1) is 5.41 Å². The van der Waals surface area contributed by atoms with Crippen molar-refractivity contribution in [2.24, 2.45) is 11.1 Å². The fourth-order valence-corrected chi connectivity index (χ4v) is 5.30. The number of anilines is 1. The van der Waals surface area contributed by atoms with Gasteiger partial charge in [0.05, 0.1) is 11.1 Å². The van der Waals surface area contributed by atoms with E-state index in [0.717, 1.165) is 47.0 Å². The molecule has 0 saturated heterocycles. The van der Waals surface area contributed by atoms with Crippen molar-refractivity contribution in [2.75, 3.05) is 12.4 Å². The van der Waals surface area contributed by atoms with Gasteiger partial charge < -0.3 is 16.4 Å². The number of halogens is 1. The van der Waals surface area contributed by atoms with Crippen LogP contribution in [0.1, 0.15) is 31.7 Å². The molecule has 0 spiro atoms. The number of pyridine rings is 1. The number of benzene rings is 1. The molecule has 1 aromatic carbocycles. The second-order valence-corrected chi connectivity index (χ2v) is 9.90. The van der Waals surface area contributed by atoms with E-state index in [1.54, 1.807) is 24.1 Å². The summed E-state index contributed by atoms with van der Waals surface area (Å²) in [7, 11) is 1.68. The summed E-state index contributed by atoms with van der Waals surface area (Å²) in [5.41, 5.74) is 10.3. The Labute approximate surface area is 211 Å². The summed E-state index contributed by atoms with van der Waals surface area (Å²) in [5, 5.41) is 11.7. The van der Waals surface area contributed by atoms with E-state index >= 15 is 0 Å². The zero-order valence-corrected chi connectivity index (χ0v) is 21.2. The van der Waals surface area contributed by atoms with Gasteiger partial charge in [-0.15, -0.1) is 0 Å². The molecule has 0 aliphatic heterocycles. The molecule has 5 rings (SSSR count). The number of hydrogen-bond donors (Lipinski definition) is 3. The average Bonchev–Trinajstić information content (AvgIpc) is 3.43. The monoisotopic (exact) mass is 534 g/mol. The van der Waals surface area contributed by atoms with Crippen LogP contribution in [-0.4, -0.2) is 43.7 Å². The molecule has 0 bridgehead atoms. The molecule has 2 atom stereocenters. The Bertz CT molecular complexity index is 1390. The highest BCUT2D eigenvalue weighted by Gasteiger charge is 2.41. The number of hydrogen-bond acceptors (Lipinski definition) is 7. The second kappa shape index (κ2) is 9.35. The lowest BCUT2D eigenvalue weighted by molar-refractivity contribution is -0.129. The van der Waals surface area contributed by atoms with Crippen molar-refractivity contribution in [1.29, 1.82) is 0 Å². The number of carbonyl (C=O) groups is 1. The molecule has 1 aliphatic rings. The normalized spacial score (nSPS) is 19.7. The van der Waals surface area contributed by atoms with Crippen molar-refractivity contribution in [3.8, 4) is 16.8 Å². The van der Waals surface area contributed by atoms with E-state index in [-0.39, 0.29) is 17.4 Å². The van der Waals surface area contributed by atoms with Crippen molar-refractivity contribution >= 4 is 38.8 Å².